The summed E-state index contributed by atoms with van der Waals surface area (Å²) in [6.07, 6.45) is 8.06. The van der Waals surface area contributed by atoms with Gasteiger partial charge in [-0.15, -0.1) is 0 Å². The first kappa shape index (κ1) is 23.6. The van der Waals surface area contributed by atoms with Gasteiger partial charge < -0.3 is 4.42 Å². The Hall–Kier alpha value is -5.14. The van der Waals surface area contributed by atoms with E-state index in [2.05, 4.69) is 134 Å². The Labute approximate surface area is 244 Å². The molecule has 1 nitrogen and oxygen atoms in total. The quantitative estimate of drug-likeness (QED) is 0.205. The maximum Gasteiger partial charge on any atom is 0.139 e. The standard InChI is InChI=1S/C41H28O/c1-25-11-20-33(41-38(25)36-9-5-6-10-37(36)42-41)28-14-12-27(13-15-28)32-22-17-30-18-23-34-31(26-7-3-2-4-8-26)21-16-29-19-24-35(32)40(30)39(29)34/h2-14,16-24,28H,15H2,1H3. The van der Waals surface area contributed by atoms with Crippen molar-refractivity contribution in [3.8, 4) is 11.1 Å². The SMILES string of the molecule is Cc1ccc(C2C=CC(c3ccc4ccc5c(-c6ccccc6)ccc6ccc3c4c65)=CC2)c2oc3ccccc3c12. The number of hydrogen-bond acceptors (Lipinski definition) is 1. The van der Waals surface area contributed by atoms with Crippen LogP contribution in [0, 0.1) is 6.92 Å². The number of para-hydroxylation sites is 1. The number of aryl methyl sites for hydroxylation is 1. The highest BCUT2D eigenvalue weighted by molar-refractivity contribution is 6.27. The highest BCUT2D eigenvalue weighted by Crippen LogP contribution is 2.43. The van der Waals surface area contributed by atoms with Crippen LogP contribution in [0.3, 0.4) is 0 Å². The molecule has 7 aromatic carbocycles. The molecule has 1 aromatic heterocycles. The van der Waals surface area contributed by atoms with E-state index in [-0.39, 0.29) is 5.92 Å². The van der Waals surface area contributed by atoms with Crippen LogP contribution in [0.5, 0.6) is 0 Å². The molecule has 8 aromatic rings. The fourth-order valence-electron chi connectivity index (χ4n) is 7.28. The van der Waals surface area contributed by atoms with Crippen molar-refractivity contribution in [1.82, 2.24) is 0 Å². The average molecular weight is 537 g/mol. The fraction of sp³-hybridized carbons (Fsp3) is 0.0732. The molecule has 0 saturated carbocycles. The van der Waals surface area contributed by atoms with E-state index in [1.807, 2.05) is 6.07 Å². The molecule has 0 saturated heterocycles. The maximum atomic E-state index is 6.44. The molecule has 1 heteroatoms. The third-order valence-electron chi connectivity index (χ3n) is 9.32. The molecule has 9 rings (SSSR count). The molecule has 0 spiro atoms. The monoisotopic (exact) mass is 536 g/mol. The van der Waals surface area contributed by atoms with Crippen molar-refractivity contribution in [3.05, 3.63) is 150 Å². The number of fused-ring (bicyclic) bond motifs is 3. The first-order valence-corrected chi connectivity index (χ1v) is 14.8. The van der Waals surface area contributed by atoms with Gasteiger partial charge in [-0.3, -0.25) is 0 Å². The Bertz CT molecular complexity index is 2380. The first-order valence-electron chi connectivity index (χ1n) is 14.8. The van der Waals surface area contributed by atoms with Gasteiger partial charge in [0.05, 0.1) is 0 Å². The van der Waals surface area contributed by atoms with Crippen molar-refractivity contribution in [2.24, 2.45) is 0 Å². The topological polar surface area (TPSA) is 13.1 Å². The molecular formula is C41H28O. The van der Waals surface area contributed by atoms with Gasteiger partial charge in [-0.2, -0.15) is 0 Å². The van der Waals surface area contributed by atoms with Gasteiger partial charge in [-0.25, -0.2) is 0 Å². The van der Waals surface area contributed by atoms with Gasteiger partial charge in [0.15, 0.2) is 0 Å². The second kappa shape index (κ2) is 8.93. The zero-order valence-corrected chi connectivity index (χ0v) is 23.4. The molecule has 1 unspecified atom stereocenters. The minimum atomic E-state index is 0.283. The van der Waals surface area contributed by atoms with E-state index < -0.39 is 0 Å². The van der Waals surface area contributed by atoms with Gasteiger partial charge in [-0.1, -0.05) is 127 Å². The number of rotatable bonds is 3. The predicted molar refractivity (Wildman–Crippen MR) is 179 cm³/mol. The molecule has 0 N–H and O–H groups in total. The lowest BCUT2D eigenvalue weighted by atomic mass is 9.84. The normalized spacial score (nSPS) is 15.5. The van der Waals surface area contributed by atoms with Crippen molar-refractivity contribution in [2.45, 2.75) is 19.3 Å². The number of benzene rings is 7. The van der Waals surface area contributed by atoms with Crippen LogP contribution in [-0.4, -0.2) is 0 Å². The van der Waals surface area contributed by atoms with Gasteiger partial charge in [0.25, 0.3) is 0 Å². The summed E-state index contributed by atoms with van der Waals surface area (Å²) < 4.78 is 6.44. The Morgan fingerprint density at radius 3 is 2.05 bits per heavy atom. The van der Waals surface area contributed by atoms with Crippen LogP contribution in [0.2, 0.25) is 0 Å². The van der Waals surface area contributed by atoms with E-state index in [0.717, 1.165) is 17.6 Å². The largest absolute Gasteiger partial charge is 0.456 e. The van der Waals surface area contributed by atoms with Gasteiger partial charge in [0.2, 0.25) is 0 Å². The lowest BCUT2D eigenvalue weighted by Gasteiger charge is -2.20. The van der Waals surface area contributed by atoms with Crippen LogP contribution < -0.4 is 0 Å². The van der Waals surface area contributed by atoms with Gasteiger partial charge >= 0.3 is 0 Å². The van der Waals surface area contributed by atoms with Crippen LogP contribution in [0.15, 0.2) is 138 Å². The summed E-state index contributed by atoms with van der Waals surface area (Å²) >= 11 is 0. The van der Waals surface area contributed by atoms with Crippen molar-refractivity contribution >= 4 is 59.8 Å². The van der Waals surface area contributed by atoms with Crippen LogP contribution >= 0.6 is 0 Å². The van der Waals surface area contributed by atoms with Crippen molar-refractivity contribution in [2.75, 3.05) is 0 Å². The molecule has 198 valence electrons. The Morgan fingerprint density at radius 2 is 1.29 bits per heavy atom. The van der Waals surface area contributed by atoms with E-state index in [9.17, 15) is 0 Å². The molecule has 0 bridgehead atoms. The van der Waals surface area contributed by atoms with Crippen LogP contribution in [-0.2, 0) is 0 Å². The summed E-state index contributed by atoms with van der Waals surface area (Å²) in [5.74, 6) is 0.283. The first-order chi connectivity index (χ1) is 20.7. The Kier molecular flexibility index (Phi) is 5.01. The van der Waals surface area contributed by atoms with Crippen LogP contribution in [0.4, 0.5) is 0 Å². The third-order valence-corrected chi connectivity index (χ3v) is 9.32. The minimum absolute atomic E-state index is 0.283. The van der Waals surface area contributed by atoms with Gasteiger partial charge in [0, 0.05) is 22.3 Å². The molecule has 1 aliphatic carbocycles. The molecule has 1 atom stereocenters. The molecular weight excluding hydrogens is 508 g/mol. The Balaban J connectivity index is 1.16. The van der Waals surface area contributed by atoms with Crippen LogP contribution in [0.25, 0.3) is 71.0 Å². The number of furan rings is 1. The summed E-state index contributed by atoms with van der Waals surface area (Å²) in [6, 6.07) is 42.0. The second-order valence-corrected chi connectivity index (χ2v) is 11.6. The van der Waals surface area contributed by atoms with Crippen molar-refractivity contribution in [3.63, 3.8) is 0 Å². The second-order valence-electron chi connectivity index (χ2n) is 11.6. The van der Waals surface area contributed by atoms with E-state index in [4.69, 9.17) is 4.42 Å². The average Bonchev–Trinajstić information content (AvgIpc) is 3.45. The highest BCUT2D eigenvalue weighted by atomic mass is 16.3. The Morgan fingerprint density at radius 1 is 0.595 bits per heavy atom. The lowest BCUT2D eigenvalue weighted by molar-refractivity contribution is 0.657. The van der Waals surface area contributed by atoms with E-state index in [0.29, 0.717) is 0 Å². The highest BCUT2D eigenvalue weighted by Gasteiger charge is 2.21. The summed E-state index contributed by atoms with van der Waals surface area (Å²) in [4.78, 5) is 0. The van der Waals surface area contributed by atoms with Crippen molar-refractivity contribution in [1.29, 1.82) is 0 Å². The molecule has 1 heterocycles. The smallest absolute Gasteiger partial charge is 0.139 e. The van der Waals surface area contributed by atoms with Gasteiger partial charge in [0.1, 0.15) is 11.2 Å². The van der Waals surface area contributed by atoms with Crippen LogP contribution in [0.1, 0.15) is 29.0 Å². The summed E-state index contributed by atoms with van der Waals surface area (Å²) in [5, 5.41) is 10.4. The van der Waals surface area contributed by atoms with E-state index in [1.165, 1.54) is 76.5 Å². The third kappa shape index (κ3) is 3.37. The molecule has 0 amide bonds. The summed E-state index contributed by atoms with van der Waals surface area (Å²) in [6.45, 7) is 2.18. The zero-order chi connectivity index (χ0) is 27.8. The zero-order valence-electron chi connectivity index (χ0n) is 23.4. The van der Waals surface area contributed by atoms with E-state index >= 15 is 0 Å². The molecule has 1 aliphatic rings. The molecule has 42 heavy (non-hydrogen) atoms. The molecule has 0 radical (unpaired) electrons. The summed E-state index contributed by atoms with van der Waals surface area (Å²) in [7, 11) is 0. The summed E-state index contributed by atoms with van der Waals surface area (Å²) in [5.41, 5.74) is 9.66. The molecule has 0 fully saturated rings. The molecule has 0 aliphatic heterocycles. The fourth-order valence-corrected chi connectivity index (χ4v) is 7.28. The number of hydrogen-bond donors (Lipinski definition) is 0. The number of allylic oxidation sites excluding steroid dienone is 4. The minimum Gasteiger partial charge on any atom is -0.456 e. The van der Waals surface area contributed by atoms with Crippen molar-refractivity contribution < 1.29 is 4.42 Å². The maximum absolute atomic E-state index is 6.44. The van der Waals surface area contributed by atoms with E-state index in [1.54, 1.807) is 0 Å². The predicted octanol–water partition coefficient (Wildman–Crippen LogP) is 11.6. The van der Waals surface area contributed by atoms with Gasteiger partial charge in [-0.05, 0) is 79.6 Å². The lowest BCUT2D eigenvalue weighted by Crippen LogP contribution is -2.00.